The van der Waals surface area contributed by atoms with Crippen LogP contribution in [0.1, 0.15) is 22.8 Å². The number of benzene rings is 2. The number of ether oxygens (including phenoxy) is 1. The zero-order valence-corrected chi connectivity index (χ0v) is 18.4. The minimum atomic E-state index is -5.23. The van der Waals surface area contributed by atoms with Crippen molar-refractivity contribution in [3.8, 4) is 0 Å². The number of halogens is 3. The maximum absolute atomic E-state index is 13.0. The number of carbonyl (C=O) groups is 1. The molecule has 1 aliphatic rings. The summed E-state index contributed by atoms with van der Waals surface area (Å²) < 4.78 is 71.2. The number of ketones is 1. The van der Waals surface area contributed by atoms with Crippen LogP contribution < -0.4 is 33.0 Å². The number of Topliss-reactive ketones (excluding diaryl/α,β-unsaturated/α-hetero) is 1. The molecule has 0 saturated heterocycles. The van der Waals surface area contributed by atoms with E-state index in [9.17, 15) is 26.4 Å². The SMILES string of the molecule is [B]c1c([B])c([B])c(C([B])([B])S(=O)(=O)OC2=C(N)OC(c3ccc(C(F)(F)F)cc3)C2=O)c([B])c1[B]. The highest BCUT2D eigenvalue weighted by atomic mass is 32.2. The van der Waals surface area contributed by atoms with Gasteiger partial charge in [-0.25, -0.2) is 0 Å². The molecule has 3 rings (SSSR count). The van der Waals surface area contributed by atoms with Crippen LogP contribution in [-0.4, -0.2) is 69.1 Å². The Labute approximate surface area is 208 Å². The summed E-state index contributed by atoms with van der Waals surface area (Å²) in [6, 6.07) is 3.30. The van der Waals surface area contributed by atoms with Crippen LogP contribution >= 0.6 is 0 Å². The summed E-state index contributed by atoms with van der Waals surface area (Å²) in [5.74, 6) is -2.96. The van der Waals surface area contributed by atoms with Crippen molar-refractivity contribution in [2.24, 2.45) is 5.73 Å². The summed E-state index contributed by atoms with van der Waals surface area (Å²) in [4.78, 5) is 12.8. The highest BCUT2D eigenvalue weighted by molar-refractivity contribution is 7.90. The van der Waals surface area contributed by atoms with Gasteiger partial charge < -0.3 is 14.7 Å². The summed E-state index contributed by atoms with van der Waals surface area (Å²) in [6.45, 7) is 0. The number of nitrogens with two attached hydrogens (primary N) is 1. The molecule has 0 aromatic heterocycles. The van der Waals surface area contributed by atoms with Gasteiger partial charge in [0.2, 0.25) is 17.4 Å². The molecule has 0 fully saturated rings. The molecular formula is C18H7B7F3NO5S. The van der Waals surface area contributed by atoms with Crippen LogP contribution in [0.5, 0.6) is 0 Å². The summed E-state index contributed by atoms with van der Waals surface area (Å²) in [6.07, 6.45) is -6.23. The Kier molecular flexibility index (Phi) is 6.82. The summed E-state index contributed by atoms with van der Waals surface area (Å²) >= 11 is 0. The molecule has 1 atom stereocenters. The predicted molar refractivity (Wildman–Crippen MR) is 128 cm³/mol. The molecule has 0 spiro atoms. The largest absolute Gasteiger partial charge is 0.460 e. The number of alkyl halides is 3. The van der Waals surface area contributed by atoms with Crippen molar-refractivity contribution in [1.29, 1.82) is 0 Å². The normalized spacial score (nSPS) is 16.9. The number of hydrogen-bond acceptors (Lipinski definition) is 6. The second-order valence-corrected chi connectivity index (χ2v) is 9.20. The molecule has 2 aromatic rings. The highest BCUT2D eigenvalue weighted by Gasteiger charge is 2.45. The third kappa shape index (κ3) is 4.55. The van der Waals surface area contributed by atoms with Crippen molar-refractivity contribution in [1.82, 2.24) is 0 Å². The minimum Gasteiger partial charge on any atom is -0.460 e. The second kappa shape index (κ2) is 8.83. The molecule has 1 unspecified atom stereocenters. The average molecular weight is 482 g/mol. The summed E-state index contributed by atoms with van der Waals surface area (Å²) in [5.41, 5.74) is 1.90. The van der Waals surface area contributed by atoms with Gasteiger partial charge in [-0.05, 0) is 12.1 Å². The standard InChI is InChI=1S/C18H7B7F3NO5S/c19-8-7(9(20)11(22)12(23)10(8)21)17(24,25)35(31,32)34-15-13(30)14(33-16(15)29)5-1-3-6(4-2-5)18(26,27)28/h1-4,14H,29H2. The number of rotatable bonds is 5. The summed E-state index contributed by atoms with van der Waals surface area (Å²) in [5, 5.41) is 0. The van der Waals surface area contributed by atoms with Gasteiger partial charge in [0.15, 0.2) is 6.10 Å². The fourth-order valence-electron chi connectivity index (χ4n) is 3.20. The van der Waals surface area contributed by atoms with Gasteiger partial charge in [-0.15, -0.1) is 27.3 Å². The van der Waals surface area contributed by atoms with Gasteiger partial charge in [0.25, 0.3) is 0 Å². The van der Waals surface area contributed by atoms with Crippen LogP contribution in [-0.2, 0) is 34.6 Å². The lowest BCUT2D eigenvalue weighted by molar-refractivity contribution is -0.137. The Bertz CT molecular complexity index is 1330. The minimum absolute atomic E-state index is 0.0683. The van der Waals surface area contributed by atoms with Crippen molar-refractivity contribution >= 4 is 98.1 Å². The molecule has 0 amide bonds. The van der Waals surface area contributed by atoms with Gasteiger partial charge in [0, 0.05) is 5.56 Å². The Morgan fingerprint density at radius 1 is 0.886 bits per heavy atom. The van der Waals surface area contributed by atoms with Gasteiger partial charge >= 0.3 is 16.3 Å². The van der Waals surface area contributed by atoms with Gasteiger partial charge in [-0.2, -0.15) is 21.6 Å². The Balaban J connectivity index is 1.95. The molecule has 1 aliphatic heterocycles. The molecule has 17 heteroatoms. The van der Waals surface area contributed by atoms with Gasteiger partial charge in [0.1, 0.15) is 39.2 Å². The third-order valence-corrected chi connectivity index (χ3v) is 6.59. The molecular weight excluding hydrogens is 475 g/mol. The Morgan fingerprint density at radius 3 is 1.80 bits per heavy atom. The van der Waals surface area contributed by atoms with E-state index in [1.165, 1.54) is 0 Å². The van der Waals surface area contributed by atoms with Crippen LogP contribution in [0, 0.1) is 0 Å². The van der Waals surface area contributed by atoms with Crippen LogP contribution in [0.25, 0.3) is 0 Å². The van der Waals surface area contributed by atoms with E-state index >= 15 is 0 Å². The van der Waals surface area contributed by atoms with Crippen LogP contribution in [0.3, 0.4) is 0 Å². The quantitative estimate of drug-likeness (QED) is 0.345. The van der Waals surface area contributed by atoms with E-state index in [1.807, 2.05) is 0 Å². The lowest BCUT2D eigenvalue weighted by Gasteiger charge is -2.33. The smallest absolute Gasteiger partial charge is 0.416 e. The molecule has 2 aromatic carbocycles. The zero-order chi connectivity index (χ0) is 26.7. The fourth-order valence-corrected chi connectivity index (χ4v) is 4.19. The number of hydrogen-bond donors (Lipinski definition) is 1. The van der Waals surface area contributed by atoms with E-state index < -0.39 is 66.4 Å². The number of carbonyl (C=O) groups excluding carboxylic acids is 1. The molecule has 1 heterocycles. The van der Waals surface area contributed by atoms with E-state index in [2.05, 4.69) is 0 Å². The average Bonchev–Trinajstić information content (AvgIpc) is 3.03. The lowest BCUT2D eigenvalue weighted by Crippen LogP contribution is -2.60. The molecule has 0 saturated carbocycles. The van der Waals surface area contributed by atoms with E-state index in [0.29, 0.717) is 12.1 Å². The van der Waals surface area contributed by atoms with E-state index in [0.717, 1.165) is 12.1 Å². The fraction of sp³-hybridized carbons (Fsp3) is 0.167. The molecule has 2 N–H and O–H groups in total. The molecule has 0 bridgehead atoms. The van der Waals surface area contributed by atoms with Crippen LogP contribution in [0.4, 0.5) is 13.2 Å². The lowest BCUT2D eigenvalue weighted by atomic mass is 9.53. The highest BCUT2D eigenvalue weighted by Crippen LogP contribution is 2.36. The Hall–Kier alpha value is -2.56. The van der Waals surface area contributed by atoms with E-state index in [1.54, 1.807) is 0 Å². The Morgan fingerprint density at radius 2 is 1.34 bits per heavy atom. The summed E-state index contributed by atoms with van der Waals surface area (Å²) in [7, 11) is 35.1. The van der Waals surface area contributed by atoms with Crippen LogP contribution in [0.15, 0.2) is 35.9 Å². The molecule has 0 aliphatic carbocycles. The maximum atomic E-state index is 13.0. The monoisotopic (exact) mass is 483 g/mol. The van der Waals surface area contributed by atoms with Gasteiger partial charge in [-0.3, -0.25) is 4.79 Å². The van der Waals surface area contributed by atoms with Crippen molar-refractivity contribution in [2.45, 2.75) is 16.8 Å². The topological polar surface area (TPSA) is 95.7 Å². The van der Waals surface area contributed by atoms with Gasteiger partial charge in [0.05, 0.1) is 25.8 Å². The van der Waals surface area contributed by atoms with Crippen molar-refractivity contribution < 1.29 is 35.3 Å². The second-order valence-electron chi connectivity index (χ2n) is 7.45. The predicted octanol–water partition coefficient (Wildman–Crippen LogP) is -4.06. The van der Waals surface area contributed by atoms with Crippen LogP contribution in [0.2, 0.25) is 0 Å². The molecule has 35 heavy (non-hydrogen) atoms. The zero-order valence-electron chi connectivity index (χ0n) is 17.6. The van der Waals surface area contributed by atoms with Gasteiger partial charge in [-0.1, -0.05) is 17.7 Å². The first-order valence-electron chi connectivity index (χ1n) is 9.33. The third-order valence-electron chi connectivity index (χ3n) is 5.17. The van der Waals surface area contributed by atoms with Crippen molar-refractivity contribution in [3.63, 3.8) is 0 Å². The maximum Gasteiger partial charge on any atom is 0.416 e. The molecule has 6 nitrogen and oxygen atoms in total. The van der Waals surface area contributed by atoms with E-state index in [-0.39, 0.29) is 22.0 Å². The first-order valence-corrected chi connectivity index (χ1v) is 10.7. The first kappa shape index (κ1) is 27.0. The van der Waals surface area contributed by atoms with Crippen molar-refractivity contribution in [3.05, 3.63) is 52.6 Å². The van der Waals surface area contributed by atoms with E-state index in [4.69, 9.17) is 69.6 Å². The van der Waals surface area contributed by atoms with Crippen molar-refractivity contribution in [2.75, 3.05) is 0 Å². The molecule has 162 valence electrons. The molecule has 14 radical (unpaired) electrons. The first-order chi connectivity index (χ1) is 15.9.